The van der Waals surface area contributed by atoms with E-state index >= 15 is 0 Å². The second kappa shape index (κ2) is 11.2. The fourth-order valence-corrected chi connectivity index (χ4v) is 7.64. The summed E-state index contributed by atoms with van der Waals surface area (Å²) in [5.74, 6) is 1.76. The summed E-state index contributed by atoms with van der Waals surface area (Å²) >= 11 is 0. The first-order valence-electron chi connectivity index (χ1n) is 17.3. The third-order valence-corrected chi connectivity index (χ3v) is 10.1. The van der Waals surface area contributed by atoms with Gasteiger partial charge in [0.1, 0.15) is 11.1 Å². The number of pyridine rings is 1. The number of benzene rings is 7. The number of aromatic nitrogens is 5. The standard InChI is InChI=1S/C46H27N5O/c1-2-12-34-28(9-1)18-19-29-25-31(20-22-35(29)34)45-48-44(49-46(50-45)32-21-23-38-42(27-32)52-41-17-8-24-47-43(38)41)30-10-7-11-33(26-30)51-39-15-5-3-13-36(39)37-14-4-6-16-40(37)51/h1-27H. The summed E-state index contributed by atoms with van der Waals surface area (Å²) in [5.41, 5.74) is 8.30. The van der Waals surface area contributed by atoms with Gasteiger partial charge in [0.2, 0.25) is 0 Å². The van der Waals surface area contributed by atoms with Crippen LogP contribution < -0.4 is 0 Å². The molecule has 0 unspecified atom stereocenters. The summed E-state index contributed by atoms with van der Waals surface area (Å²) in [7, 11) is 0. The molecule has 0 aliphatic rings. The maximum Gasteiger partial charge on any atom is 0.164 e. The molecule has 0 aliphatic heterocycles. The fraction of sp³-hybridized carbons (Fsp3) is 0. The minimum Gasteiger partial charge on any atom is -0.454 e. The Kier molecular flexibility index (Phi) is 6.15. The molecule has 7 aromatic carbocycles. The van der Waals surface area contributed by atoms with E-state index in [9.17, 15) is 0 Å². The molecule has 11 aromatic rings. The van der Waals surface area contributed by atoms with Crippen molar-refractivity contribution < 1.29 is 4.42 Å². The van der Waals surface area contributed by atoms with Crippen molar-refractivity contribution in [3.63, 3.8) is 0 Å². The van der Waals surface area contributed by atoms with Gasteiger partial charge in [-0.1, -0.05) is 103 Å². The van der Waals surface area contributed by atoms with Crippen molar-refractivity contribution in [2.45, 2.75) is 0 Å². The molecular weight excluding hydrogens is 639 g/mol. The highest BCUT2D eigenvalue weighted by molar-refractivity contribution is 6.10. The molecule has 52 heavy (non-hydrogen) atoms. The lowest BCUT2D eigenvalue weighted by Gasteiger charge is -2.12. The van der Waals surface area contributed by atoms with E-state index in [2.05, 4.69) is 137 Å². The van der Waals surface area contributed by atoms with Crippen LogP contribution >= 0.6 is 0 Å². The van der Waals surface area contributed by atoms with Crippen LogP contribution in [0, 0.1) is 0 Å². The van der Waals surface area contributed by atoms with Crippen molar-refractivity contribution in [3.8, 4) is 39.9 Å². The predicted octanol–water partition coefficient (Wildman–Crippen LogP) is 11.6. The lowest BCUT2D eigenvalue weighted by molar-refractivity contribution is 0.668. The van der Waals surface area contributed by atoms with Crippen molar-refractivity contribution in [2.24, 2.45) is 0 Å². The zero-order chi connectivity index (χ0) is 34.2. The third kappa shape index (κ3) is 4.44. The number of rotatable bonds is 4. The zero-order valence-electron chi connectivity index (χ0n) is 27.7. The Morgan fingerprint density at radius 1 is 0.404 bits per heavy atom. The van der Waals surface area contributed by atoms with Crippen molar-refractivity contribution in [1.82, 2.24) is 24.5 Å². The van der Waals surface area contributed by atoms with Crippen molar-refractivity contribution >= 4 is 65.4 Å². The highest BCUT2D eigenvalue weighted by Gasteiger charge is 2.17. The number of hydrogen-bond donors (Lipinski definition) is 0. The van der Waals surface area contributed by atoms with E-state index in [0.717, 1.165) is 60.9 Å². The maximum absolute atomic E-state index is 6.22. The van der Waals surface area contributed by atoms with Gasteiger partial charge in [-0.25, -0.2) is 15.0 Å². The van der Waals surface area contributed by atoms with Gasteiger partial charge >= 0.3 is 0 Å². The minimum absolute atomic E-state index is 0.566. The average Bonchev–Trinajstić information content (AvgIpc) is 3.76. The number of nitrogens with zero attached hydrogens (tertiary/aromatic N) is 5. The summed E-state index contributed by atoms with van der Waals surface area (Å²) in [6.45, 7) is 0. The van der Waals surface area contributed by atoms with E-state index < -0.39 is 0 Å². The van der Waals surface area contributed by atoms with Gasteiger partial charge in [0.25, 0.3) is 0 Å². The van der Waals surface area contributed by atoms with Crippen LogP contribution in [0.25, 0.3) is 105 Å². The number of furan rings is 1. The molecule has 242 valence electrons. The van der Waals surface area contributed by atoms with E-state index in [1.807, 2.05) is 30.3 Å². The summed E-state index contributed by atoms with van der Waals surface area (Å²) in [5, 5.41) is 8.14. The monoisotopic (exact) mass is 665 g/mol. The molecule has 4 aromatic heterocycles. The molecule has 6 nitrogen and oxygen atoms in total. The molecule has 0 radical (unpaired) electrons. The summed E-state index contributed by atoms with van der Waals surface area (Å²) in [4.78, 5) is 19.9. The third-order valence-electron chi connectivity index (χ3n) is 10.1. The van der Waals surface area contributed by atoms with Crippen LogP contribution in [0.4, 0.5) is 0 Å². The molecule has 0 amide bonds. The van der Waals surface area contributed by atoms with Crippen molar-refractivity contribution in [1.29, 1.82) is 0 Å². The van der Waals surface area contributed by atoms with E-state index in [-0.39, 0.29) is 0 Å². The SMILES string of the molecule is c1cc(-c2nc(-c3ccc4c(ccc5ccccc54)c3)nc(-c3ccc4c(c3)oc3cccnc34)n2)cc(-n2c3ccccc3c3ccccc32)c1. The lowest BCUT2D eigenvalue weighted by Crippen LogP contribution is -2.01. The van der Waals surface area contributed by atoms with E-state index in [1.54, 1.807) is 6.20 Å². The van der Waals surface area contributed by atoms with Crippen LogP contribution in [0.15, 0.2) is 168 Å². The van der Waals surface area contributed by atoms with Crippen molar-refractivity contribution in [2.75, 3.05) is 0 Å². The van der Waals surface area contributed by atoms with E-state index in [1.165, 1.54) is 26.9 Å². The van der Waals surface area contributed by atoms with Gasteiger partial charge in [-0.05, 0) is 76.1 Å². The lowest BCUT2D eigenvalue weighted by atomic mass is 10.00. The normalized spacial score (nSPS) is 11.8. The van der Waals surface area contributed by atoms with Gasteiger partial charge in [0.05, 0.1) is 11.0 Å². The molecule has 6 heteroatoms. The molecular formula is C46H27N5O. The summed E-state index contributed by atoms with van der Waals surface area (Å²) < 4.78 is 8.53. The van der Waals surface area contributed by atoms with Crippen molar-refractivity contribution in [3.05, 3.63) is 164 Å². The Balaban J connectivity index is 1.11. The van der Waals surface area contributed by atoms with Crippen LogP contribution in [0.5, 0.6) is 0 Å². The van der Waals surface area contributed by atoms with Crippen LogP contribution in [-0.4, -0.2) is 24.5 Å². The maximum atomic E-state index is 6.22. The first-order valence-corrected chi connectivity index (χ1v) is 17.3. The molecule has 11 rings (SSSR count). The second-order valence-corrected chi connectivity index (χ2v) is 13.1. The predicted molar refractivity (Wildman–Crippen MR) is 211 cm³/mol. The smallest absolute Gasteiger partial charge is 0.164 e. The van der Waals surface area contributed by atoms with E-state index in [0.29, 0.717) is 17.5 Å². The number of fused-ring (bicyclic) bond motifs is 9. The Morgan fingerprint density at radius 2 is 1.02 bits per heavy atom. The topological polar surface area (TPSA) is 69.6 Å². The summed E-state index contributed by atoms with van der Waals surface area (Å²) in [6, 6.07) is 54.7. The van der Waals surface area contributed by atoms with Gasteiger partial charge in [0.15, 0.2) is 23.1 Å². The zero-order valence-corrected chi connectivity index (χ0v) is 27.7. The molecule has 0 atom stereocenters. The molecule has 4 heterocycles. The second-order valence-electron chi connectivity index (χ2n) is 13.1. The molecule has 0 saturated heterocycles. The first kappa shape index (κ1) is 28.6. The van der Waals surface area contributed by atoms with Gasteiger partial charge in [-0.2, -0.15) is 0 Å². The minimum atomic E-state index is 0.566. The first-order chi connectivity index (χ1) is 25.7. The Labute approximate surface area is 297 Å². The average molecular weight is 666 g/mol. The van der Waals surface area contributed by atoms with Gasteiger partial charge < -0.3 is 8.98 Å². The Hall–Kier alpha value is -7.18. The molecule has 0 saturated carbocycles. The van der Waals surface area contributed by atoms with Crippen LogP contribution in [0.1, 0.15) is 0 Å². The molecule has 0 bridgehead atoms. The fourth-order valence-electron chi connectivity index (χ4n) is 7.64. The van der Waals surface area contributed by atoms with Crippen LogP contribution in [0.3, 0.4) is 0 Å². The number of para-hydroxylation sites is 2. The molecule has 0 fully saturated rings. The molecule has 0 N–H and O–H groups in total. The number of hydrogen-bond acceptors (Lipinski definition) is 5. The van der Waals surface area contributed by atoms with Gasteiger partial charge in [-0.15, -0.1) is 0 Å². The molecule has 0 aliphatic carbocycles. The summed E-state index contributed by atoms with van der Waals surface area (Å²) in [6.07, 6.45) is 1.79. The largest absolute Gasteiger partial charge is 0.454 e. The highest BCUT2D eigenvalue weighted by Crippen LogP contribution is 2.35. The Morgan fingerprint density at radius 3 is 1.79 bits per heavy atom. The molecule has 0 spiro atoms. The highest BCUT2D eigenvalue weighted by atomic mass is 16.3. The van der Waals surface area contributed by atoms with E-state index in [4.69, 9.17) is 19.4 Å². The van der Waals surface area contributed by atoms with Gasteiger partial charge in [-0.3, -0.25) is 4.98 Å². The Bertz CT molecular complexity index is 3160. The van der Waals surface area contributed by atoms with Gasteiger partial charge in [0, 0.05) is 44.7 Å². The quantitative estimate of drug-likeness (QED) is 0.175. The van der Waals surface area contributed by atoms with Crippen LogP contribution in [0.2, 0.25) is 0 Å². The van der Waals surface area contributed by atoms with Crippen LogP contribution in [-0.2, 0) is 0 Å².